The Bertz CT molecular complexity index is 843. The number of carbonyl (C=O) groups excluding carboxylic acids is 1. The summed E-state index contributed by atoms with van der Waals surface area (Å²) in [5.41, 5.74) is 0.464. The van der Waals surface area contributed by atoms with E-state index in [-0.39, 0.29) is 17.4 Å². The van der Waals surface area contributed by atoms with Crippen molar-refractivity contribution in [3.05, 3.63) is 57.8 Å². The predicted molar refractivity (Wildman–Crippen MR) is 90.2 cm³/mol. The molecule has 1 heterocycles. The quantitative estimate of drug-likeness (QED) is 0.257. The third-order valence-electron chi connectivity index (χ3n) is 3.50. The molecular weight excluding hydrogens is 324 g/mol. The summed E-state index contributed by atoms with van der Waals surface area (Å²) in [6, 6.07) is 10.9. The number of nitro groups is 1. The van der Waals surface area contributed by atoms with Crippen LogP contribution in [0.15, 0.2) is 46.4 Å². The minimum absolute atomic E-state index is 0.0185. The summed E-state index contributed by atoms with van der Waals surface area (Å²) in [5.74, 6) is 0.0740. The number of nitrogens with zero attached hydrogens (tertiary/aromatic N) is 2. The number of rotatable bonds is 6. The Kier molecular flexibility index (Phi) is 5.69. The molecule has 0 aliphatic carbocycles. The number of non-ortho nitro benzene ring substituents is 1. The topological polar surface area (TPSA) is 106 Å². The van der Waals surface area contributed by atoms with Crippen LogP contribution in [-0.2, 0) is 9.53 Å². The Labute approximate surface area is 144 Å². The van der Waals surface area contributed by atoms with Gasteiger partial charge in [0.2, 0.25) is 0 Å². The Morgan fingerprint density at radius 1 is 1.36 bits per heavy atom. The van der Waals surface area contributed by atoms with Crippen molar-refractivity contribution in [3.63, 3.8) is 0 Å². The molecule has 1 unspecified atom stereocenters. The second-order valence-electron chi connectivity index (χ2n) is 5.30. The number of carbonyl (C=O) groups is 1. The van der Waals surface area contributed by atoms with Gasteiger partial charge in [-0.2, -0.15) is 5.26 Å². The Hall–Kier alpha value is -3.40. The lowest BCUT2D eigenvalue weighted by Crippen LogP contribution is -2.15. The molecule has 2 rings (SSSR count). The molecule has 1 aromatic carbocycles. The minimum Gasteiger partial charge on any atom is -0.459 e. The first-order chi connectivity index (χ1) is 11.9. The molecule has 0 N–H and O–H groups in total. The molecule has 7 nitrogen and oxygen atoms in total. The number of nitriles is 1. The van der Waals surface area contributed by atoms with E-state index in [2.05, 4.69) is 0 Å². The van der Waals surface area contributed by atoms with E-state index in [9.17, 15) is 14.9 Å². The van der Waals surface area contributed by atoms with Gasteiger partial charge < -0.3 is 9.15 Å². The van der Waals surface area contributed by atoms with E-state index in [1.165, 1.54) is 18.2 Å². The number of hydrogen-bond donors (Lipinski definition) is 0. The van der Waals surface area contributed by atoms with E-state index in [1.54, 1.807) is 37.3 Å². The van der Waals surface area contributed by atoms with Crippen LogP contribution in [-0.4, -0.2) is 17.0 Å². The fraction of sp³-hybridized carbons (Fsp3) is 0.222. The molecule has 128 valence electrons. The van der Waals surface area contributed by atoms with Gasteiger partial charge in [-0.25, -0.2) is 4.79 Å². The average Bonchev–Trinajstić information content (AvgIpc) is 3.08. The van der Waals surface area contributed by atoms with Crippen molar-refractivity contribution in [2.45, 2.75) is 26.4 Å². The zero-order valence-electron chi connectivity index (χ0n) is 13.8. The molecule has 25 heavy (non-hydrogen) atoms. The fourth-order valence-electron chi connectivity index (χ4n) is 1.94. The molecule has 2 aromatic rings. The van der Waals surface area contributed by atoms with Gasteiger partial charge in [0, 0.05) is 23.8 Å². The van der Waals surface area contributed by atoms with Crippen LogP contribution in [0.2, 0.25) is 0 Å². The highest BCUT2D eigenvalue weighted by molar-refractivity contribution is 5.97. The standard InChI is InChI=1S/C18H16N2O5/c1-3-12(2)24-18(21)14(11-19)10-16-8-9-17(25-16)13-4-6-15(7-5-13)20(22)23/h4-10,12H,3H2,1-2H3. The van der Waals surface area contributed by atoms with Crippen LogP contribution in [0.5, 0.6) is 0 Å². The van der Waals surface area contributed by atoms with Gasteiger partial charge in [0.1, 0.15) is 23.2 Å². The molecule has 7 heteroatoms. The predicted octanol–water partition coefficient (Wildman–Crippen LogP) is 4.10. The van der Waals surface area contributed by atoms with Crippen molar-refractivity contribution in [2.75, 3.05) is 0 Å². The summed E-state index contributed by atoms with van der Waals surface area (Å²) >= 11 is 0. The van der Waals surface area contributed by atoms with Crippen LogP contribution < -0.4 is 0 Å². The monoisotopic (exact) mass is 340 g/mol. The van der Waals surface area contributed by atoms with Crippen molar-refractivity contribution in [1.29, 1.82) is 5.26 Å². The van der Waals surface area contributed by atoms with Crippen LogP contribution in [0.4, 0.5) is 5.69 Å². The second-order valence-corrected chi connectivity index (χ2v) is 5.30. The van der Waals surface area contributed by atoms with Gasteiger partial charge in [-0.15, -0.1) is 0 Å². The lowest BCUT2D eigenvalue weighted by Gasteiger charge is -2.09. The van der Waals surface area contributed by atoms with Crippen LogP contribution in [0.25, 0.3) is 17.4 Å². The molecule has 0 aliphatic heterocycles. The molecule has 0 bridgehead atoms. The number of nitro benzene ring substituents is 1. The molecule has 0 fully saturated rings. The largest absolute Gasteiger partial charge is 0.459 e. The van der Waals surface area contributed by atoms with E-state index in [4.69, 9.17) is 14.4 Å². The second kappa shape index (κ2) is 7.93. The van der Waals surface area contributed by atoms with Crippen LogP contribution in [0, 0.1) is 21.4 Å². The maximum Gasteiger partial charge on any atom is 0.349 e. The molecular formula is C18H16N2O5. The van der Waals surface area contributed by atoms with E-state index < -0.39 is 10.9 Å². The zero-order chi connectivity index (χ0) is 18.4. The lowest BCUT2D eigenvalue weighted by atomic mass is 10.1. The van der Waals surface area contributed by atoms with Gasteiger partial charge in [0.25, 0.3) is 5.69 Å². The molecule has 0 aliphatic rings. The van der Waals surface area contributed by atoms with Crippen molar-refractivity contribution in [3.8, 4) is 17.4 Å². The Morgan fingerprint density at radius 3 is 2.60 bits per heavy atom. The normalized spacial score (nSPS) is 12.3. The summed E-state index contributed by atoms with van der Waals surface area (Å²) in [5, 5.41) is 19.8. The minimum atomic E-state index is -0.704. The smallest absolute Gasteiger partial charge is 0.349 e. The van der Waals surface area contributed by atoms with Crippen molar-refractivity contribution >= 4 is 17.7 Å². The average molecular weight is 340 g/mol. The van der Waals surface area contributed by atoms with Gasteiger partial charge in [0.05, 0.1) is 11.0 Å². The molecule has 1 atom stereocenters. The molecule has 0 radical (unpaired) electrons. The molecule has 1 aromatic heterocycles. The number of furan rings is 1. The van der Waals surface area contributed by atoms with Crippen molar-refractivity contribution in [1.82, 2.24) is 0 Å². The Balaban J connectivity index is 2.20. The maximum absolute atomic E-state index is 11.9. The Morgan fingerprint density at radius 2 is 2.04 bits per heavy atom. The highest BCUT2D eigenvalue weighted by Gasteiger charge is 2.15. The van der Waals surface area contributed by atoms with Crippen molar-refractivity contribution in [2.24, 2.45) is 0 Å². The van der Waals surface area contributed by atoms with Crippen LogP contribution in [0.3, 0.4) is 0 Å². The van der Waals surface area contributed by atoms with Gasteiger partial charge in [0.15, 0.2) is 0 Å². The first-order valence-electron chi connectivity index (χ1n) is 7.62. The molecule has 0 spiro atoms. The summed E-state index contributed by atoms with van der Waals surface area (Å²) in [4.78, 5) is 22.1. The summed E-state index contributed by atoms with van der Waals surface area (Å²) in [6.07, 6.45) is 1.67. The number of ether oxygens (including phenoxy) is 1. The molecule has 0 saturated carbocycles. The number of esters is 1. The zero-order valence-corrected chi connectivity index (χ0v) is 13.8. The lowest BCUT2D eigenvalue weighted by molar-refractivity contribution is -0.384. The SMILES string of the molecule is CCC(C)OC(=O)C(C#N)=Cc1ccc(-c2ccc([N+](=O)[O-])cc2)o1. The third-order valence-corrected chi connectivity index (χ3v) is 3.50. The first-order valence-corrected chi connectivity index (χ1v) is 7.62. The van der Waals surface area contributed by atoms with Gasteiger partial charge in [-0.05, 0) is 37.6 Å². The summed E-state index contributed by atoms with van der Waals surface area (Å²) < 4.78 is 10.7. The molecule has 0 saturated heterocycles. The summed E-state index contributed by atoms with van der Waals surface area (Å²) in [7, 11) is 0. The van der Waals surface area contributed by atoms with Crippen LogP contribution in [0.1, 0.15) is 26.0 Å². The fourth-order valence-corrected chi connectivity index (χ4v) is 1.94. The van der Waals surface area contributed by atoms with E-state index in [1.807, 2.05) is 6.92 Å². The van der Waals surface area contributed by atoms with Crippen molar-refractivity contribution < 1.29 is 18.9 Å². The highest BCUT2D eigenvalue weighted by Crippen LogP contribution is 2.25. The van der Waals surface area contributed by atoms with Gasteiger partial charge >= 0.3 is 5.97 Å². The third kappa shape index (κ3) is 4.54. The van der Waals surface area contributed by atoms with E-state index >= 15 is 0 Å². The highest BCUT2D eigenvalue weighted by atomic mass is 16.6. The molecule has 0 amide bonds. The maximum atomic E-state index is 11.9. The van der Waals surface area contributed by atoms with Crippen LogP contribution >= 0.6 is 0 Å². The van der Waals surface area contributed by atoms with Gasteiger partial charge in [-0.1, -0.05) is 6.92 Å². The number of hydrogen-bond acceptors (Lipinski definition) is 6. The number of benzene rings is 1. The van der Waals surface area contributed by atoms with E-state index in [0.29, 0.717) is 23.5 Å². The first kappa shape index (κ1) is 17.9. The van der Waals surface area contributed by atoms with Gasteiger partial charge in [-0.3, -0.25) is 10.1 Å². The summed E-state index contributed by atoms with van der Waals surface area (Å²) in [6.45, 7) is 3.61. The van der Waals surface area contributed by atoms with E-state index in [0.717, 1.165) is 0 Å².